The van der Waals surface area contributed by atoms with Gasteiger partial charge in [0.1, 0.15) is 11.6 Å². The van der Waals surface area contributed by atoms with Gasteiger partial charge >= 0.3 is 0 Å². The summed E-state index contributed by atoms with van der Waals surface area (Å²) in [5.41, 5.74) is -1.18. The molecule has 110 valence electrons. The van der Waals surface area contributed by atoms with E-state index in [1.54, 1.807) is 25.9 Å². The molecule has 0 bridgehead atoms. The van der Waals surface area contributed by atoms with Gasteiger partial charge in [0, 0.05) is 7.11 Å². The monoisotopic (exact) mass is 270 g/mol. The van der Waals surface area contributed by atoms with E-state index in [1.807, 2.05) is 27.7 Å². The van der Waals surface area contributed by atoms with Gasteiger partial charge in [-0.25, -0.2) is 0 Å². The Morgan fingerprint density at radius 2 is 1.89 bits per heavy atom. The third-order valence-corrected chi connectivity index (χ3v) is 3.43. The molecule has 5 nitrogen and oxygen atoms in total. The Balaban J connectivity index is 3.20. The molecule has 1 rings (SSSR count). The van der Waals surface area contributed by atoms with Crippen LogP contribution in [-0.4, -0.2) is 48.1 Å². The van der Waals surface area contributed by atoms with Crippen molar-refractivity contribution in [3.05, 3.63) is 0 Å². The van der Waals surface area contributed by atoms with Crippen molar-refractivity contribution < 1.29 is 14.3 Å². The van der Waals surface area contributed by atoms with Crippen molar-refractivity contribution in [1.82, 2.24) is 10.2 Å². The summed E-state index contributed by atoms with van der Waals surface area (Å²) in [6.07, 6.45) is 0. The molecular weight excluding hydrogens is 244 g/mol. The van der Waals surface area contributed by atoms with E-state index in [2.05, 4.69) is 5.32 Å². The van der Waals surface area contributed by atoms with Crippen molar-refractivity contribution >= 4 is 11.8 Å². The van der Waals surface area contributed by atoms with Gasteiger partial charge in [0.2, 0.25) is 11.8 Å². The molecule has 1 N–H and O–H groups in total. The second-order valence-electron chi connectivity index (χ2n) is 6.90. The maximum absolute atomic E-state index is 12.6. The quantitative estimate of drug-likeness (QED) is 0.837. The van der Waals surface area contributed by atoms with Gasteiger partial charge in [0.25, 0.3) is 0 Å². The standard InChI is InChI=1S/C14H26N2O3/c1-9(8-19-7)16-10(13(2,3)4)11(17)15-14(5,6)12(16)18/h9-10H,8H2,1-7H3,(H,15,17). The average molecular weight is 270 g/mol. The maximum Gasteiger partial charge on any atom is 0.248 e. The van der Waals surface area contributed by atoms with Crippen LogP contribution < -0.4 is 5.32 Å². The molecule has 5 heteroatoms. The number of amides is 2. The Morgan fingerprint density at radius 3 is 2.32 bits per heavy atom. The smallest absolute Gasteiger partial charge is 0.248 e. The fourth-order valence-electron chi connectivity index (χ4n) is 2.58. The number of hydrogen-bond acceptors (Lipinski definition) is 3. The zero-order valence-corrected chi connectivity index (χ0v) is 13.0. The molecule has 2 amide bonds. The van der Waals surface area contributed by atoms with Gasteiger partial charge in [-0.1, -0.05) is 20.8 Å². The lowest BCUT2D eigenvalue weighted by molar-refractivity contribution is -0.162. The SMILES string of the molecule is COCC(C)N1C(=O)C(C)(C)NC(=O)C1C(C)(C)C. The first-order chi connectivity index (χ1) is 8.52. The molecule has 19 heavy (non-hydrogen) atoms. The minimum absolute atomic E-state index is 0.0587. The van der Waals surface area contributed by atoms with E-state index in [0.717, 1.165) is 0 Å². The van der Waals surface area contributed by atoms with Crippen LogP contribution in [0.4, 0.5) is 0 Å². The lowest BCUT2D eigenvalue weighted by Crippen LogP contribution is -2.72. The average Bonchev–Trinajstić information content (AvgIpc) is 2.20. The number of methoxy groups -OCH3 is 1. The fraction of sp³-hybridized carbons (Fsp3) is 0.857. The summed E-state index contributed by atoms with van der Waals surface area (Å²) in [6, 6.07) is -0.606. The van der Waals surface area contributed by atoms with Crippen LogP contribution in [0.15, 0.2) is 0 Å². The molecule has 2 atom stereocenters. The summed E-state index contributed by atoms with van der Waals surface area (Å²) in [4.78, 5) is 26.7. The minimum Gasteiger partial charge on any atom is -0.383 e. The van der Waals surface area contributed by atoms with E-state index in [-0.39, 0.29) is 23.3 Å². The molecule has 1 aliphatic rings. The van der Waals surface area contributed by atoms with Crippen molar-refractivity contribution in [3.8, 4) is 0 Å². The summed E-state index contributed by atoms with van der Waals surface area (Å²) in [5, 5.41) is 2.82. The van der Waals surface area contributed by atoms with Crippen molar-refractivity contribution in [2.45, 2.75) is 59.2 Å². The number of rotatable bonds is 3. The highest BCUT2D eigenvalue weighted by Crippen LogP contribution is 2.31. The van der Waals surface area contributed by atoms with Crippen LogP contribution in [0.1, 0.15) is 41.5 Å². The van der Waals surface area contributed by atoms with Crippen molar-refractivity contribution in [1.29, 1.82) is 0 Å². The second-order valence-corrected chi connectivity index (χ2v) is 6.90. The third kappa shape index (κ3) is 3.08. The first-order valence-corrected chi connectivity index (χ1v) is 6.66. The Kier molecular flexibility index (Phi) is 4.30. The molecule has 2 unspecified atom stereocenters. The van der Waals surface area contributed by atoms with E-state index in [9.17, 15) is 9.59 Å². The van der Waals surface area contributed by atoms with Crippen molar-refractivity contribution in [2.75, 3.05) is 13.7 Å². The Labute approximate surface area is 115 Å². The Morgan fingerprint density at radius 1 is 1.37 bits per heavy atom. The summed E-state index contributed by atoms with van der Waals surface area (Å²) in [7, 11) is 1.60. The molecule has 0 saturated carbocycles. The van der Waals surface area contributed by atoms with Gasteiger partial charge in [0.15, 0.2) is 0 Å². The molecule has 1 fully saturated rings. The van der Waals surface area contributed by atoms with E-state index in [1.165, 1.54) is 0 Å². The molecule has 0 radical (unpaired) electrons. The Bertz CT molecular complexity index is 371. The maximum atomic E-state index is 12.6. The number of ether oxygens (including phenoxy) is 1. The predicted molar refractivity (Wildman–Crippen MR) is 73.6 cm³/mol. The molecule has 0 aromatic carbocycles. The largest absolute Gasteiger partial charge is 0.383 e. The van der Waals surface area contributed by atoms with Crippen LogP contribution in [0.5, 0.6) is 0 Å². The van der Waals surface area contributed by atoms with Crippen molar-refractivity contribution in [2.24, 2.45) is 5.41 Å². The number of nitrogens with one attached hydrogen (secondary N) is 1. The Hall–Kier alpha value is -1.10. The second kappa shape index (κ2) is 5.12. The molecule has 1 heterocycles. The van der Waals surface area contributed by atoms with E-state index < -0.39 is 11.6 Å². The van der Waals surface area contributed by atoms with Crippen LogP contribution in [0.2, 0.25) is 0 Å². The van der Waals surface area contributed by atoms with Gasteiger partial charge in [-0.2, -0.15) is 0 Å². The summed E-state index contributed by atoms with van der Waals surface area (Å²) in [6.45, 7) is 11.7. The zero-order valence-electron chi connectivity index (χ0n) is 13.0. The van der Waals surface area contributed by atoms with Crippen LogP contribution in [0.3, 0.4) is 0 Å². The van der Waals surface area contributed by atoms with E-state index in [4.69, 9.17) is 4.74 Å². The van der Waals surface area contributed by atoms with Gasteiger partial charge < -0.3 is 15.0 Å². The number of hydrogen-bond donors (Lipinski definition) is 1. The highest BCUT2D eigenvalue weighted by atomic mass is 16.5. The third-order valence-electron chi connectivity index (χ3n) is 3.43. The van der Waals surface area contributed by atoms with E-state index >= 15 is 0 Å². The van der Waals surface area contributed by atoms with Gasteiger partial charge in [-0.3, -0.25) is 9.59 Å². The van der Waals surface area contributed by atoms with Gasteiger partial charge in [-0.15, -0.1) is 0 Å². The van der Waals surface area contributed by atoms with E-state index in [0.29, 0.717) is 6.61 Å². The van der Waals surface area contributed by atoms with Crippen LogP contribution in [0.25, 0.3) is 0 Å². The molecule has 1 aliphatic heterocycles. The van der Waals surface area contributed by atoms with Gasteiger partial charge in [0.05, 0.1) is 12.6 Å². The molecule has 0 aromatic heterocycles. The first-order valence-electron chi connectivity index (χ1n) is 6.66. The number of carbonyl (C=O) groups is 2. The first kappa shape index (κ1) is 16.0. The molecule has 0 aliphatic carbocycles. The van der Waals surface area contributed by atoms with Crippen LogP contribution in [0, 0.1) is 5.41 Å². The van der Waals surface area contributed by atoms with Crippen LogP contribution >= 0.6 is 0 Å². The molecule has 1 saturated heterocycles. The topological polar surface area (TPSA) is 58.6 Å². The number of carbonyl (C=O) groups excluding carboxylic acids is 2. The molecular formula is C14H26N2O3. The lowest BCUT2D eigenvalue weighted by atomic mass is 9.80. The summed E-state index contributed by atoms with van der Waals surface area (Å²) < 4.78 is 5.14. The summed E-state index contributed by atoms with van der Waals surface area (Å²) >= 11 is 0. The normalized spacial score (nSPS) is 25.2. The zero-order chi connectivity index (χ0) is 15.0. The highest BCUT2D eigenvalue weighted by molar-refractivity contribution is 5.99. The molecule has 0 aromatic rings. The lowest BCUT2D eigenvalue weighted by Gasteiger charge is -2.49. The number of piperazine rings is 1. The fourth-order valence-corrected chi connectivity index (χ4v) is 2.58. The minimum atomic E-state index is -0.860. The van der Waals surface area contributed by atoms with Gasteiger partial charge in [-0.05, 0) is 26.2 Å². The molecule has 0 spiro atoms. The highest BCUT2D eigenvalue weighted by Gasteiger charge is 2.50. The van der Waals surface area contributed by atoms with Crippen LogP contribution in [-0.2, 0) is 14.3 Å². The summed E-state index contributed by atoms with van der Waals surface area (Å²) in [5.74, 6) is -0.156. The van der Waals surface area contributed by atoms with Crippen molar-refractivity contribution in [3.63, 3.8) is 0 Å². The predicted octanol–water partition coefficient (Wildman–Crippen LogP) is 1.17. The number of nitrogens with zero attached hydrogens (tertiary/aromatic N) is 1.